The standard InChI is InChI=1S/C21H22N2OS2/c1-2-14-23-18-11-6-7-12-19(18)26-21(23)22-20(24)13-8-15-25-16-17-9-4-3-5-10-17/h2-7,9-12H,1,8,13-16H2. The van der Waals surface area contributed by atoms with Gasteiger partial charge in [-0.3, -0.25) is 4.79 Å². The summed E-state index contributed by atoms with van der Waals surface area (Å²) >= 11 is 3.42. The Kier molecular flexibility index (Phi) is 6.86. The van der Waals surface area contributed by atoms with E-state index in [1.807, 2.05) is 36.0 Å². The number of allylic oxidation sites excluding steroid dienone is 1. The number of rotatable bonds is 8. The second-order valence-corrected chi connectivity index (χ2v) is 8.01. The minimum atomic E-state index is -0.0466. The van der Waals surface area contributed by atoms with Crippen LogP contribution in [0.1, 0.15) is 18.4 Å². The smallest absolute Gasteiger partial charge is 0.248 e. The van der Waals surface area contributed by atoms with Crippen molar-refractivity contribution in [3.63, 3.8) is 0 Å². The van der Waals surface area contributed by atoms with Crippen LogP contribution in [0.5, 0.6) is 0 Å². The zero-order valence-electron chi connectivity index (χ0n) is 14.6. The van der Waals surface area contributed by atoms with Crippen LogP contribution in [0.15, 0.2) is 72.2 Å². The number of hydrogen-bond donors (Lipinski definition) is 0. The molecule has 0 unspecified atom stereocenters. The molecule has 26 heavy (non-hydrogen) atoms. The van der Waals surface area contributed by atoms with Crippen molar-refractivity contribution < 1.29 is 4.79 Å². The fourth-order valence-electron chi connectivity index (χ4n) is 2.66. The fourth-order valence-corrected chi connectivity index (χ4v) is 4.64. The van der Waals surface area contributed by atoms with Gasteiger partial charge in [-0.25, -0.2) is 0 Å². The van der Waals surface area contributed by atoms with Crippen LogP contribution in [0.2, 0.25) is 0 Å². The highest BCUT2D eigenvalue weighted by Crippen LogP contribution is 2.17. The molecule has 0 aliphatic carbocycles. The number of benzene rings is 2. The third-order valence-electron chi connectivity index (χ3n) is 3.91. The molecule has 0 aliphatic heterocycles. The van der Waals surface area contributed by atoms with Gasteiger partial charge in [0.05, 0.1) is 10.2 Å². The van der Waals surface area contributed by atoms with Crippen molar-refractivity contribution >= 4 is 39.2 Å². The van der Waals surface area contributed by atoms with E-state index < -0.39 is 0 Å². The predicted molar refractivity (Wildman–Crippen MR) is 112 cm³/mol. The van der Waals surface area contributed by atoms with Crippen molar-refractivity contribution in [1.82, 2.24) is 4.57 Å². The van der Waals surface area contributed by atoms with Gasteiger partial charge >= 0.3 is 0 Å². The first-order valence-corrected chi connectivity index (χ1v) is 10.6. The van der Waals surface area contributed by atoms with Gasteiger partial charge in [0.2, 0.25) is 5.91 Å². The van der Waals surface area contributed by atoms with Gasteiger partial charge in [0.1, 0.15) is 0 Å². The highest BCUT2D eigenvalue weighted by atomic mass is 32.2. The number of hydrogen-bond acceptors (Lipinski definition) is 3. The summed E-state index contributed by atoms with van der Waals surface area (Å²) in [5.74, 6) is 1.91. The average Bonchev–Trinajstić information content (AvgIpc) is 3.00. The Morgan fingerprint density at radius 3 is 2.73 bits per heavy atom. The first-order chi connectivity index (χ1) is 12.8. The van der Waals surface area contributed by atoms with Crippen molar-refractivity contribution in [2.24, 2.45) is 4.99 Å². The minimum absolute atomic E-state index is 0.0466. The van der Waals surface area contributed by atoms with Gasteiger partial charge in [-0.15, -0.1) is 6.58 Å². The molecule has 1 aromatic heterocycles. The first-order valence-electron chi connectivity index (χ1n) is 8.66. The summed E-state index contributed by atoms with van der Waals surface area (Å²) in [6.07, 6.45) is 3.18. The summed E-state index contributed by atoms with van der Waals surface area (Å²) in [5.41, 5.74) is 2.42. The number of para-hydroxylation sites is 1. The van der Waals surface area contributed by atoms with Gasteiger partial charge in [-0.05, 0) is 29.9 Å². The van der Waals surface area contributed by atoms with E-state index in [1.54, 1.807) is 11.3 Å². The summed E-state index contributed by atoms with van der Waals surface area (Å²) in [6, 6.07) is 18.5. The molecule has 3 aromatic rings. The Balaban J connectivity index is 1.57. The van der Waals surface area contributed by atoms with Crippen molar-refractivity contribution in [1.29, 1.82) is 0 Å². The predicted octanol–water partition coefficient (Wildman–Crippen LogP) is 5.03. The van der Waals surface area contributed by atoms with E-state index in [2.05, 4.69) is 52.5 Å². The quantitative estimate of drug-likeness (QED) is 0.404. The largest absolute Gasteiger partial charge is 0.313 e. The zero-order chi connectivity index (χ0) is 18.2. The van der Waals surface area contributed by atoms with Crippen molar-refractivity contribution in [3.05, 3.63) is 77.6 Å². The SMILES string of the molecule is C=CCn1c(=NC(=O)CCCSCc2ccccc2)sc2ccccc21. The normalized spacial score (nSPS) is 11.8. The van der Waals surface area contributed by atoms with E-state index in [9.17, 15) is 4.79 Å². The second kappa shape index (κ2) is 9.55. The van der Waals surface area contributed by atoms with Gasteiger partial charge in [0.25, 0.3) is 0 Å². The van der Waals surface area contributed by atoms with Crippen LogP contribution in [0.4, 0.5) is 0 Å². The third-order valence-corrected chi connectivity index (χ3v) is 6.09. The van der Waals surface area contributed by atoms with Crippen molar-refractivity contribution in [2.75, 3.05) is 5.75 Å². The first kappa shape index (κ1) is 18.7. The summed E-state index contributed by atoms with van der Waals surface area (Å²) < 4.78 is 3.19. The van der Waals surface area contributed by atoms with E-state index in [-0.39, 0.29) is 5.91 Å². The molecular formula is C21H22N2OS2. The van der Waals surface area contributed by atoms with Crippen LogP contribution in [0, 0.1) is 0 Å². The lowest BCUT2D eigenvalue weighted by molar-refractivity contribution is -0.118. The van der Waals surface area contributed by atoms with E-state index in [1.165, 1.54) is 5.56 Å². The number of fused-ring (bicyclic) bond motifs is 1. The number of thiazole rings is 1. The third kappa shape index (κ3) is 4.96. The lowest BCUT2D eigenvalue weighted by atomic mass is 10.2. The summed E-state index contributed by atoms with van der Waals surface area (Å²) in [5, 5.41) is 0. The number of carbonyl (C=O) groups excluding carboxylic acids is 1. The van der Waals surface area contributed by atoms with E-state index in [0.29, 0.717) is 13.0 Å². The maximum Gasteiger partial charge on any atom is 0.248 e. The number of carbonyl (C=O) groups is 1. The highest BCUT2D eigenvalue weighted by molar-refractivity contribution is 7.98. The number of nitrogens with zero attached hydrogens (tertiary/aromatic N) is 2. The van der Waals surface area contributed by atoms with E-state index >= 15 is 0 Å². The Bertz CT molecular complexity index is 941. The monoisotopic (exact) mass is 382 g/mol. The Morgan fingerprint density at radius 2 is 1.92 bits per heavy atom. The highest BCUT2D eigenvalue weighted by Gasteiger charge is 2.06. The summed E-state index contributed by atoms with van der Waals surface area (Å²) in [6.45, 7) is 4.47. The van der Waals surface area contributed by atoms with Gasteiger partial charge < -0.3 is 4.57 Å². The molecule has 1 amide bonds. The molecule has 0 atom stereocenters. The molecule has 0 bridgehead atoms. The maximum absolute atomic E-state index is 12.3. The number of aromatic nitrogens is 1. The van der Waals surface area contributed by atoms with Gasteiger partial charge in [0, 0.05) is 18.7 Å². The van der Waals surface area contributed by atoms with Crippen LogP contribution in [-0.4, -0.2) is 16.2 Å². The molecule has 3 nitrogen and oxygen atoms in total. The molecule has 2 aromatic carbocycles. The van der Waals surface area contributed by atoms with E-state index in [0.717, 1.165) is 32.9 Å². The molecule has 0 spiro atoms. The van der Waals surface area contributed by atoms with Gasteiger partial charge in [-0.2, -0.15) is 16.8 Å². The lowest BCUT2D eigenvalue weighted by Crippen LogP contribution is -2.16. The molecule has 0 aliphatic rings. The van der Waals surface area contributed by atoms with Crippen LogP contribution < -0.4 is 4.80 Å². The molecular weight excluding hydrogens is 360 g/mol. The fraction of sp³-hybridized carbons (Fsp3) is 0.238. The van der Waals surface area contributed by atoms with Crippen LogP contribution in [0.25, 0.3) is 10.2 Å². The van der Waals surface area contributed by atoms with Crippen molar-refractivity contribution in [2.45, 2.75) is 25.1 Å². The Morgan fingerprint density at radius 1 is 1.15 bits per heavy atom. The molecule has 3 rings (SSSR count). The van der Waals surface area contributed by atoms with Crippen LogP contribution in [0.3, 0.4) is 0 Å². The average molecular weight is 383 g/mol. The molecule has 0 radical (unpaired) electrons. The van der Waals surface area contributed by atoms with Crippen molar-refractivity contribution in [3.8, 4) is 0 Å². The molecule has 1 heterocycles. The Hall–Kier alpha value is -2.11. The van der Waals surface area contributed by atoms with Crippen LogP contribution in [-0.2, 0) is 17.1 Å². The minimum Gasteiger partial charge on any atom is -0.313 e. The molecule has 0 saturated carbocycles. The Labute approximate surface area is 162 Å². The maximum atomic E-state index is 12.3. The second-order valence-electron chi connectivity index (χ2n) is 5.90. The number of thioether (sulfide) groups is 1. The molecule has 0 N–H and O–H groups in total. The zero-order valence-corrected chi connectivity index (χ0v) is 16.3. The number of amides is 1. The summed E-state index contributed by atoms with van der Waals surface area (Å²) in [4.78, 5) is 17.4. The molecule has 0 saturated heterocycles. The molecule has 5 heteroatoms. The van der Waals surface area contributed by atoms with Gasteiger partial charge in [0.15, 0.2) is 4.80 Å². The lowest BCUT2D eigenvalue weighted by Gasteiger charge is -2.01. The topological polar surface area (TPSA) is 34.4 Å². The van der Waals surface area contributed by atoms with Gasteiger partial charge in [-0.1, -0.05) is 59.9 Å². The molecule has 134 valence electrons. The summed E-state index contributed by atoms with van der Waals surface area (Å²) in [7, 11) is 0. The molecule has 0 fully saturated rings. The van der Waals surface area contributed by atoms with Crippen LogP contribution >= 0.6 is 23.1 Å². The van der Waals surface area contributed by atoms with E-state index in [4.69, 9.17) is 0 Å².